The van der Waals surface area contributed by atoms with Gasteiger partial charge in [0.1, 0.15) is 12.6 Å². The molecule has 8 heteroatoms. The van der Waals surface area contributed by atoms with E-state index in [0.29, 0.717) is 51.9 Å². The number of amides is 3. The van der Waals surface area contributed by atoms with Gasteiger partial charge in [0.2, 0.25) is 11.8 Å². The smallest absolute Gasteiger partial charge is 0.409 e. The summed E-state index contributed by atoms with van der Waals surface area (Å²) in [5.74, 6) is -0.109. The van der Waals surface area contributed by atoms with E-state index in [0.717, 1.165) is 0 Å². The summed E-state index contributed by atoms with van der Waals surface area (Å²) < 4.78 is 5.00. The van der Waals surface area contributed by atoms with E-state index < -0.39 is 12.1 Å². The minimum Gasteiger partial charge on any atom is -0.450 e. The number of nitrogens with zero attached hydrogens (tertiary/aromatic N) is 3. The standard InChI is InChI=1S/C16H25N3O5/c1-2-24-16(23)17-6-3-11(4-7-17)19-10-14(21)18-8-5-12(20)9-13(18)15(19)22/h11-13,20H,2-10H2,1H3/t12-,13+/m1/s1. The van der Waals surface area contributed by atoms with Crippen LogP contribution in [0, 0.1) is 0 Å². The van der Waals surface area contributed by atoms with Gasteiger partial charge in [0.05, 0.1) is 12.7 Å². The molecule has 8 nitrogen and oxygen atoms in total. The Balaban J connectivity index is 1.62. The van der Waals surface area contributed by atoms with Crippen LogP contribution in [0.25, 0.3) is 0 Å². The summed E-state index contributed by atoms with van der Waals surface area (Å²) >= 11 is 0. The third kappa shape index (κ3) is 3.19. The third-order valence-corrected chi connectivity index (χ3v) is 5.20. The first-order chi connectivity index (χ1) is 11.5. The number of piperidine rings is 2. The van der Waals surface area contributed by atoms with Crippen molar-refractivity contribution in [3.05, 3.63) is 0 Å². The molecule has 0 bridgehead atoms. The van der Waals surface area contributed by atoms with Crippen LogP contribution in [0.3, 0.4) is 0 Å². The average Bonchev–Trinajstić information content (AvgIpc) is 2.58. The van der Waals surface area contributed by atoms with Gasteiger partial charge in [-0.05, 0) is 26.2 Å². The van der Waals surface area contributed by atoms with Crippen LogP contribution < -0.4 is 0 Å². The highest BCUT2D eigenvalue weighted by Gasteiger charge is 2.45. The van der Waals surface area contributed by atoms with Crippen LogP contribution in [0.2, 0.25) is 0 Å². The minimum atomic E-state index is -0.530. The molecule has 3 aliphatic rings. The number of hydrogen-bond acceptors (Lipinski definition) is 5. The minimum absolute atomic E-state index is 0.0339. The number of carbonyl (C=O) groups excluding carboxylic acids is 3. The Kier molecular flexibility index (Phi) is 4.93. The molecule has 24 heavy (non-hydrogen) atoms. The van der Waals surface area contributed by atoms with Gasteiger partial charge in [-0.25, -0.2) is 4.79 Å². The number of fused-ring (bicyclic) bond motifs is 1. The monoisotopic (exact) mass is 339 g/mol. The lowest BCUT2D eigenvalue weighted by Crippen LogP contribution is -2.65. The number of rotatable bonds is 2. The van der Waals surface area contributed by atoms with Crippen LogP contribution in [0.15, 0.2) is 0 Å². The van der Waals surface area contributed by atoms with E-state index in [-0.39, 0.29) is 30.5 Å². The largest absolute Gasteiger partial charge is 0.450 e. The van der Waals surface area contributed by atoms with Crippen molar-refractivity contribution in [3.63, 3.8) is 0 Å². The number of carbonyl (C=O) groups is 3. The topological polar surface area (TPSA) is 90.4 Å². The summed E-state index contributed by atoms with van der Waals surface area (Å²) in [5.41, 5.74) is 0. The van der Waals surface area contributed by atoms with E-state index in [4.69, 9.17) is 4.74 Å². The van der Waals surface area contributed by atoms with Crippen LogP contribution in [-0.2, 0) is 14.3 Å². The van der Waals surface area contributed by atoms with E-state index in [1.54, 1.807) is 21.6 Å². The Morgan fingerprint density at radius 3 is 2.54 bits per heavy atom. The molecule has 3 fully saturated rings. The lowest BCUT2D eigenvalue weighted by Gasteiger charge is -2.47. The lowest BCUT2D eigenvalue weighted by atomic mass is 9.93. The second-order valence-electron chi connectivity index (χ2n) is 6.66. The summed E-state index contributed by atoms with van der Waals surface area (Å²) in [6.45, 7) is 3.72. The molecule has 0 aliphatic carbocycles. The Labute approximate surface area is 141 Å². The molecule has 3 saturated heterocycles. The zero-order chi connectivity index (χ0) is 17.3. The van der Waals surface area contributed by atoms with Crippen LogP contribution >= 0.6 is 0 Å². The SMILES string of the molecule is CCOC(=O)N1CCC(N2CC(=O)N3CC[C@@H](O)C[C@H]3C2=O)CC1. The fourth-order valence-electron chi connectivity index (χ4n) is 3.87. The van der Waals surface area contributed by atoms with Crippen molar-refractivity contribution in [1.29, 1.82) is 0 Å². The molecule has 0 saturated carbocycles. The molecule has 3 amide bonds. The Morgan fingerprint density at radius 2 is 1.88 bits per heavy atom. The van der Waals surface area contributed by atoms with E-state index in [1.165, 1.54) is 0 Å². The highest BCUT2D eigenvalue weighted by atomic mass is 16.6. The molecule has 0 unspecified atom stereocenters. The summed E-state index contributed by atoms with van der Waals surface area (Å²) in [7, 11) is 0. The Hall–Kier alpha value is -1.83. The third-order valence-electron chi connectivity index (χ3n) is 5.20. The molecular weight excluding hydrogens is 314 g/mol. The average molecular weight is 339 g/mol. The Bertz CT molecular complexity index is 518. The molecule has 0 aromatic heterocycles. The van der Waals surface area contributed by atoms with Crippen molar-refractivity contribution in [2.24, 2.45) is 0 Å². The molecule has 0 radical (unpaired) electrons. The number of ether oxygens (including phenoxy) is 1. The van der Waals surface area contributed by atoms with E-state index in [1.807, 2.05) is 0 Å². The summed E-state index contributed by atoms with van der Waals surface area (Å²) in [4.78, 5) is 41.8. The molecule has 0 aromatic carbocycles. The second kappa shape index (κ2) is 6.96. The normalized spacial score (nSPS) is 28.8. The predicted octanol–water partition coefficient (Wildman–Crippen LogP) is -0.199. The first kappa shape index (κ1) is 17.0. The van der Waals surface area contributed by atoms with Gasteiger partial charge in [-0.2, -0.15) is 0 Å². The van der Waals surface area contributed by atoms with Crippen molar-refractivity contribution in [1.82, 2.24) is 14.7 Å². The first-order valence-electron chi connectivity index (χ1n) is 8.71. The predicted molar refractivity (Wildman–Crippen MR) is 84.1 cm³/mol. The zero-order valence-electron chi connectivity index (χ0n) is 14.0. The molecule has 3 aliphatic heterocycles. The van der Waals surface area contributed by atoms with E-state index in [9.17, 15) is 19.5 Å². The van der Waals surface area contributed by atoms with Crippen molar-refractivity contribution >= 4 is 17.9 Å². The quantitative estimate of drug-likeness (QED) is 0.752. The summed E-state index contributed by atoms with van der Waals surface area (Å²) in [6.07, 6.45) is 1.31. The van der Waals surface area contributed by atoms with Gasteiger partial charge < -0.3 is 24.5 Å². The van der Waals surface area contributed by atoms with Gasteiger partial charge in [0, 0.05) is 32.1 Å². The molecule has 3 rings (SSSR count). The van der Waals surface area contributed by atoms with Crippen LogP contribution in [0.4, 0.5) is 4.79 Å². The van der Waals surface area contributed by atoms with Crippen LogP contribution in [-0.4, -0.2) is 88.7 Å². The van der Waals surface area contributed by atoms with Gasteiger partial charge in [0.15, 0.2) is 0 Å². The summed E-state index contributed by atoms with van der Waals surface area (Å²) in [5, 5.41) is 9.83. The molecule has 2 atom stereocenters. The van der Waals surface area contributed by atoms with Gasteiger partial charge >= 0.3 is 6.09 Å². The molecule has 1 N–H and O–H groups in total. The highest BCUT2D eigenvalue weighted by Crippen LogP contribution is 2.27. The van der Waals surface area contributed by atoms with Crippen LogP contribution in [0.1, 0.15) is 32.6 Å². The van der Waals surface area contributed by atoms with Crippen molar-refractivity contribution in [2.45, 2.75) is 50.8 Å². The van der Waals surface area contributed by atoms with Crippen molar-refractivity contribution in [3.8, 4) is 0 Å². The number of aliphatic hydroxyl groups excluding tert-OH is 1. The van der Waals surface area contributed by atoms with Crippen molar-refractivity contribution < 1.29 is 24.2 Å². The fourth-order valence-corrected chi connectivity index (χ4v) is 3.87. The maximum atomic E-state index is 12.8. The number of hydrogen-bond donors (Lipinski definition) is 1. The number of aliphatic hydroxyl groups is 1. The van der Waals surface area contributed by atoms with Gasteiger partial charge in [-0.15, -0.1) is 0 Å². The molecule has 3 heterocycles. The second-order valence-corrected chi connectivity index (χ2v) is 6.66. The Morgan fingerprint density at radius 1 is 1.17 bits per heavy atom. The molecule has 134 valence electrons. The molecule has 0 aromatic rings. The fraction of sp³-hybridized carbons (Fsp3) is 0.812. The summed E-state index contributed by atoms with van der Waals surface area (Å²) in [6, 6.07) is -0.563. The van der Waals surface area contributed by atoms with Crippen LogP contribution in [0.5, 0.6) is 0 Å². The molecule has 0 spiro atoms. The first-order valence-corrected chi connectivity index (χ1v) is 8.71. The van der Waals surface area contributed by atoms with Crippen molar-refractivity contribution in [2.75, 3.05) is 32.8 Å². The zero-order valence-corrected chi connectivity index (χ0v) is 14.0. The lowest BCUT2D eigenvalue weighted by molar-refractivity contribution is -0.163. The van der Waals surface area contributed by atoms with Gasteiger partial charge in [-0.3, -0.25) is 9.59 Å². The van der Waals surface area contributed by atoms with Gasteiger partial charge in [-0.1, -0.05) is 0 Å². The molecular formula is C16H25N3O5. The number of piperazine rings is 1. The van der Waals surface area contributed by atoms with Gasteiger partial charge in [0.25, 0.3) is 0 Å². The maximum Gasteiger partial charge on any atom is 0.409 e. The van der Waals surface area contributed by atoms with E-state index >= 15 is 0 Å². The van der Waals surface area contributed by atoms with E-state index in [2.05, 4.69) is 0 Å². The maximum absolute atomic E-state index is 12.8. The highest BCUT2D eigenvalue weighted by molar-refractivity contribution is 5.95. The number of likely N-dealkylation sites (tertiary alicyclic amines) is 1.